The lowest BCUT2D eigenvalue weighted by atomic mass is 10.2. The van der Waals surface area contributed by atoms with Crippen molar-refractivity contribution in [2.24, 2.45) is 0 Å². The largest absolute Gasteiger partial charge is 0.355 e. The lowest BCUT2D eigenvalue weighted by Crippen LogP contribution is -2.40. The van der Waals surface area contributed by atoms with Crippen LogP contribution in [0.2, 0.25) is 0 Å². The van der Waals surface area contributed by atoms with Crippen molar-refractivity contribution in [3.63, 3.8) is 0 Å². The molecule has 9 heteroatoms. The molecule has 0 saturated carbocycles. The summed E-state index contributed by atoms with van der Waals surface area (Å²) < 4.78 is 42.6. The van der Waals surface area contributed by atoms with Crippen LogP contribution in [0.5, 0.6) is 0 Å². The van der Waals surface area contributed by atoms with Gasteiger partial charge in [-0.2, -0.15) is 4.31 Å². The number of nitrogens with zero attached hydrogens (tertiary/aromatic N) is 3. The molecule has 0 saturated heterocycles. The Labute approximate surface area is 181 Å². The first-order valence-corrected chi connectivity index (χ1v) is 11.3. The van der Waals surface area contributed by atoms with Crippen molar-refractivity contribution in [3.8, 4) is 0 Å². The van der Waals surface area contributed by atoms with E-state index < -0.39 is 21.7 Å². The summed E-state index contributed by atoms with van der Waals surface area (Å²) in [6.07, 6.45) is 5.90. The predicted molar refractivity (Wildman–Crippen MR) is 115 cm³/mol. The van der Waals surface area contributed by atoms with Crippen LogP contribution in [0.25, 0.3) is 0 Å². The van der Waals surface area contributed by atoms with Gasteiger partial charge in [0.05, 0.1) is 17.8 Å². The van der Waals surface area contributed by atoms with Crippen molar-refractivity contribution in [2.75, 3.05) is 13.1 Å². The van der Waals surface area contributed by atoms with E-state index in [1.54, 1.807) is 24.7 Å². The van der Waals surface area contributed by atoms with Gasteiger partial charge in [0.2, 0.25) is 15.9 Å². The van der Waals surface area contributed by atoms with Gasteiger partial charge in [-0.1, -0.05) is 29.8 Å². The van der Waals surface area contributed by atoms with E-state index in [9.17, 15) is 17.6 Å². The average Bonchev–Trinajstić information content (AvgIpc) is 3.26. The zero-order chi connectivity index (χ0) is 22.3. The molecule has 0 aliphatic heterocycles. The molecule has 0 radical (unpaired) electrons. The monoisotopic (exact) mass is 444 g/mol. The Morgan fingerprint density at radius 3 is 2.48 bits per heavy atom. The SMILES string of the molecule is Cc1ccc(S(=O)(=O)N(CC(=O)NCCCn2ccnc2)Cc2ccc(F)cc2)cc1. The normalized spacial score (nSPS) is 11.6. The van der Waals surface area contributed by atoms with Crippen molar-refractivity contribution < 1.29 is 17.6 Å². The molecule has 0 fully saturated rings. The molecule has 3 aromatic rings. The average molecular weight is 445 g/mol. The molecule has 0 atom stereocenters. The van der Waals surface area contributed by atoms with Gasteiger partial charge in [0, 0.05) is 32.0 Å². The standard InChI is InChI=1S/C22H25FN4O3S/c1-18-3-9-21(10-4-18)31(29,30)27(15-19-5-7-20(23)8-6-19)16-22(28)25-11-2-13-26-14-12-24-17-26/h3-10,12,14,17H,2,11,13,15-16H2,1H3,(H,25,28). The fourth-order valence-electron chi connectivity index (χ4n) is 3.00. The number of amides is 1. The molecule has 0 spiro atoms. The highest BCUT2D eigenvalue weighted by atomic mass is 32.2. The van der Waals surface area contributed by atoms with Gasteiger partial charge >= 0.3 is 0 Å². The van der Waals surface area contributed by atoms with Crippen LogP contribution in [-0.2, 0) is 27.9 Å². The van der Waals surface area contributed by atoms with Gasteiger partial charge in [-0.05, 0) is 43.2 Å². The molecular weight excluding hydrogens is 419 g/mol. The zero-order valence-corrected chi connectivity index (χ0v) is 18.1. The molecule has 164 valence electrons. The van der Waals surface area contributed by atoms with Crippen molar-refractivity contribution in [2.45, 2.75) is 31.3 Å². The number of hydrogen-bond donors (Lipinski definition) is 1. The van der Waals surface area contributed by atoms with Gasteiger partial charge in [0.1, 0.15) is 5.82 Å². The van der Waals surface area contributed by atoms with Gasteiger partial charge in [-0.3, -0.25) is 4.79 Å². The first kappa shape index (κ1) is 22.6. The minimum absolute atomic E-state index is 0.0427. The van der Waals surface area contributed by atoms with E-state index >= 15 is 0 Å². The zero-order valence-electron chi connectivity index (χ0n) is 17.2. The van der Waals surface area contributed by atoms with Crippen molar-refractivity contribution in [1.82, 2.24) is 19.2 Å². The molecule has 1 N–H and O–H groups in total. The number of hydrogen-bond acceptors (Lipinski definition) is 4. The Hall–Kier alpha value is -3.04. The van der Waals surface area contributed by atoms with E-state index in [0.29, 0.717) is 25.1 Å². The predicted octanol–water partition coefficient (Wildman–Crippen LogP) is 2.73. The van der Waals surface area contributed by atoms with Gasteiger partial charge in [0.15, 0.2) is 0 Å². The second-order valence-electron chi connectivity index (χ2n) is 7.22. The minimum atomic E-state index is -3.92. The Balaban J connectivity index is 1.69. The van der Waals surface area contributed by atoms with E-state index in [1.165, 1.54) is 36.4 Å². The number of carbonyl (C=O) groups is 1. The van der Waals surface area contributed by atoms with Crippen LogP contribution in [0.3, 0.4) is 0 Å². The Morgan fingerprint density at radius 2 is 1.84 bits per heavy atom. The Morgan fingerprint density at radius 1 is 1.13 bits per heavy atom. The maximum atomic E-state index is 13.2. The summed E-state index contributed by atoms with van der Waals surface area (Å²) in [5.74, 6) is -0.809. The number of halogens is 1. The molecule has 2 aromatic carbocycles. The second-order valence-corrected chi connectivity index (χ2v) is 9.15. The number of benzene rings is 2. The first-order chi connectivity index (χ1) is 14.8. The van der Waals surface area contributed by atoms with Crippen LogP contribution in [0.15, 0.2) is 72.1 Å². The smallest absolute Gasteiger partial charge is 0.243 e. The molecular formula is C22H25FN4O3S. The number of aryl methyl sites for hydroxylation is 2. The highest BCUT2D eigenvalue weighted by Crippen LogP contribution is 2.19. The van der Waals surface area contributed by atoms with Crippen LogP contribution >= 0.6 is 0 Å². The highest BCUT2D eigenvalue weighted by Gasteiger charge is 2.26. The van der Waals surface area contributed by atoms with Crippen molar-refractivity contribution >= 4 is 15.9 Å². The second kappa shape index (κ2) is 10.3. The fourth-order valence-corrected chi connectivity index (χ4v) is 4.39. The molecule has 0 unspecified atom stereocenters. The summed E-state index contributed by atoms with van der Waals surface area (Å²) >= 11 is 0. The number of rotatable bonds is 10. The molecule has 1 aromatic heterocycles. The number of nitrogens with one attached hydrogen (secondary N) is 1. The molecule has 3 rings (SSSR count). The third kappa shape index (κ3) is 6.47. The highest BCUT2D eigenvalue weighted by molar-refractivity contribution is 7.89. The summed E-state index contributed by atoms with van der Waals surface area (Å²) in [6.45, 7) is 2.59. The van der Waals surface area contributed by atoms with E-state index in [2.05, 4.69) is 10.3 Å². The molecule has 0 aliphatic rings. The summed E-state index contributed by atoms with van der Waals surface area (Å²) in [4.78, 5) is 16.6. The van der Waals surface area contributed by atoms with Crippen LogP contribution in [0.1, 0.15) is 17.5 Å². The number of carbonyl (C=O) groups excluding carboxylic acids is 1. The topological polar surface area (TPSA) is 84.3 Å². The van der Waals surface area contributed by atoms with Crippen molar-refractivity contribution in [1.29, 1.82) is 0 Å². The molecule has 1 heterocycles. The summed E-state index contributed by atoms with van der Waals surface area (Å²) in [6, 6.07) is 12.0. The Bertz CT molecular complexity index is 1080. The van der Waals surface area contributed by atoms with E-state index in [-0.39, 0.29) is 18.0 Å². The van der Waals surface area contributed by atoms with E-state index in [0.717, 1.165) is 9.87 Å². The lowest BCUT2D eigenvalue weighted by molar-refractivity contribution is -0.121. The van der Waals surface area contributed by atoms with E-state index in [4.69, 9.17) is 0 Å². The summed E-state index contributed by atoms with van der Waals surface area (Å²) in [5.41, 5.74) is 1.52. The number of aromatic nitrogens is 2. The van der Waals surface area contributed by atoms with Crippen LogP contribution in [-0.4, -0.2) is 41.3 Å². The summed E-state index contributed by atoms with van der Waals surface area (Å²) in [7, 11) is -3.92. The maximum Gasteiger partial charge on any atom is 0.243 e. The summed E-state index contributed by atoms with van der Waals surface area (Å²) in [5, 5.41) is 2.76. The van der Waals surface area contributed by atoms with Gasteiger partial charge < -0.3 is 9.88 Å². The van der Waals surface area contributed by atoms with Gasteiger partial charge in [0.25, 0.3) is 0 Å². The third-order valence-corrected chi connectivity index (χ3v) is 6.53. The molecule has 31 heavy (non-hydrogen) atoms. The first-order valence-electron chi connectivity index (χ1n) is 9.88. The third-order valence-electron chi connectivity index (χ3n) is 4.73. The minimum Gasteiger partial charge on any atom is -0.355 e. The van der Waals surface area contributed by atoms with Crippen LogP contribution < -0.4 is 5.32 Å². The van der Waals surface area contributed by atoms with Crippen LogP contribution in [0, 0.1) is 12.7 Å². The molecule has 0 bridgehead atoms. The lowest BCUT2D eigenvalue weighted by Gasteiger charge is -2.22. The number of imidazole rings is 1. The molecule has 1 amide bonds. The van der Waals surface area contributed by atoms with Crippen molar-refractivity contribution in [3.05, 3.63) is 84.2 Å². The number of sulfonamides is 1. The Kier molecular flexibility index (Phi) is 7.54. The quantitative estimate of drug-likeness (QED) is 0.488. The van der Waals surface area contributed by atoms with Gasteiger partial charge in [-0.25, -0.2) is 17.8 Å². The van der Waals surface area contributed by atoms with Crippen LogP contribution in [0.4, 0.5) is 4.39 Å². The maximum absolute atomic E-state index is 13.2. The molecule has 7 nitrogen and oxygen atoms in total. The van der Waals surface area contributed by atoms with E-state index in [1.807, 2.05) is 17.7 Å². The molecule has 0 aliphatic carbocycles. The fraction of sp³-hybridized carbons (Fsp3) is 0.273. The van der Waals surface area contributed by atoms with Gasteiger partial charge in [-0.15, -0.1) is 0 Å².